The van der Waals surface area contributed by atoms with Crippen LogP contribution in [-0.4, -0.2) is 24.1 Å². The van der Waals surface area contributed by atoms with Crippen LogP contribution in [-0.2, 0) is 9.53 Å². The predicted molar refractivity (Wildman–Crippen MR) is 98.1 cm³/mol. The van der Waals surface area contributed by atoms with E-state index in [0.29, 0.717) is 5.92 Å². The molecule has 1 N–H and O–H groups in total. The molecule has 1 saturated heterocycles. The topological polar surface area (TPSA) is 51.2 Å². The zero-order chi connectivity index (χ0) is 17.5. The van der Waals surface area contributed by atoms with Crippen molar-refractivity contribution in [2.45, 2.75) is 38.1 Å². The smallest absolute Gasteiger partial charge is 0.228 e. The first kappa shape index (κ1) is 17.6. The summed E-state index contributed by atoms with van der Waals surface area (Å²) in [6.45, 7) is 3.57. The highest BCUT2D eigenvalue weighted by molar-refractivity contribution is 5.84. The van der Waals surface area contributed by atoms with Gasteiger partial charge in [0, 0.05) is 25.6 Å². The van der Waals surface area contributed by atoms with Crippen LogP contribution < -0.4 is 5.32 Å². The lowest BCUT2D eigenvalue weighted by Gasteiger charge is -2.32. The number of pyridine rings is 1. The maximum atomic E-state index is 13.0. The number of nitrogens with zero attached hydrogens (tertiary/aromatic N) is 1. The van der Waals surface area contributed by atoms with Crippen LogP contribution in [0.4, 0.5) is 0 Å². The van der Waals surface area contributed by atoms with Crippen molar-refractivity contribution in [1.82, 2.24) is 10.3 Å². The van der Waals surface area contributed by atoms with Crippen LogP contribution in [0.1, 0.15) is 49.3 Å². The summed E-state index contributed by atoms with van der Waals surface area (Å²) < 4.78 is 5.50. The second-order valence-corrected chi connectivity index (χ2v) is 6.59. The fraction of sp³-hybridized carbons (Fsp3) is 0.429. The third kappa shape index (κ3) is 4.45. The third-order valence-electron chi connectivity index (χ3n) is 5.01. The van der Waals surface area contributed by atoms with Gasteiger partial charge < -0.3 is 10.1 Å². The number of rotatable bonds is 6. The molecule has 1 amide bonds. The number of carbonyl (C=O) groups is 1. The van der Waals surface area contributed by atoms with Crippen molar-refractivity contribution < 1.29 is 9.53 Å². The van der Waals surface area contributed by atoms with Gasteiger partial charge in [0.1, 0.15) is 0 Å². The van der Waals surface area contributed by atoms with E-state index < -0.39 is 0 Å². The second-order valence-electron chi connectivity index (χ2n) is 6.59. The molecule has 2 heterocycles. The van der Waals surface area contributed by atoms with Gasteiger partial charge in [0.25, 0.3) is 0 Å². The molecule has 1 aliphatic heterocycles. The predicted octanol–water partition coefficient (Wildman–Crippen LogP) is 3.86. The molecule has 0 spiro atoms. The first-order valence-corrected chi connectivity index (χ1v) is 9.12. The highest BCUT2D eigenvalue weighted by atomic mass is 16.5. The lowest BCUT2D eigenvalue weighted by Crippen LogP contribution is -2.38. The Kier molecular flexibility index (Phi) is 6.18. The van der Waals surface area contributed by atoms with Crippen molar-refractivity contribution in [1.29, 1.82) is 0 Å². The van der Waals surface area contributed by atoms with E-state index in [1.54, 1.807) is 6.20 Å². The van der Waals surface area contributed by atoms with Gasteiger partial charge in [0.2, 0.25) is 5.91 Å². The summed E-state index contributed by atoms with van der Waals surface area (Å²) in [5.74, 6) is 0.351. The van der Waals surface area contributed by atoms with E-state index in [0.717, 1.165) is 43.6 Å². The van der Waals surface area contributed by atoms with E-state index in [4.69, 9.17) is 4.74 Å². The van der Waals surface area contributed by atoms with Crippen molar-refractivity contribution >= 4 is 5.91 Å². The molecule has 132 valence electrons. The van der Waals surface area contributed by atoms with Gasteiger partial charge in [-0.3, -0.25) is 9.78 Å². The normalized spacial score (nSPS) is 17.6. The highest BCUT2D eigenvalue weighted by Crippen LogP contribution is 2.31. The van der Waals surface area contributed by atoms with Crippen LogP contribution in [0.25, 0.3) is 0 Å². The van der Waals surface area contributed by atoms with Crippen molar-refractivity contribution in [3.8, 4) is 0 Å². The average Bonchev–Trinajstić information content (AvgIpc) is 2.69. The summed E-state index contributed by atoms with van der Waals surface area (Å²) in [6.07, 6.45) is 6.34. The average molecular weight is 338 g/mol. The molecule has 1 aliphatic rings. The number of nitrogens with one attached hydrogen (secondary N) is 1. The molecular formula is C21H26N2O2. The monoisotopic (exact) mass is 338 g/mol. The van der Waals surface area contributed by atoms with E-state index in [1.807, 2.05) is 42.6 Å². The molecule has 25 heavy (non-hydrogen) atoms. The van der Waals surface area contributed by atoms with E-state index in [2.05, 4.69) is 23.3 Å². The standard InChI is InChI=1S/C21H26N2O2/c1-2-19(16-7-4-3-5-8-16)21(24)23-20(17-10-13-25-14-11-17)18-9-6-12-22-15-18/h3-9,12,15,17,19-20H,2,10-11,13-14H2,1H3,(H,23,24). The Morgan fingerprint density at radius 2 is 1.88 bits per heavy atom. The summed E-state index contributed by atoms with van der Waals surface area (Å²) in [5, 5.41) is 3.32. The lowest BCUT2D eigenvalue weighted by atomic mass is 9.86. The van der Waals surface area contributed by atoms with Crippen molar-refractivity contribution in [3.05, 3.63) is 66.0 Å². The first-order valence-electron chi connectivity index (χ1n) is 9.12. The number of ether oxygens (including phenoxy) is 1. The van der Waals surface area contributed by atoms with Gasteiger partial charge in [-0.1, -0.05) is 43.3 Å². The second kappa shape index (κ2) is 8.77. The molecule has 0 aliphatic carbocycles. The molecule has 2 unspecified atom stereocenters. The summed E-state index contributed by atoms with van der Waals surface area (Å²) in [5.41, 5.74) is 2.14. The minimum Gasteiger partial charge on any atom is -0.381 e. The molecule has 2 aromatic rings. The summed E-state index contributed by atoms with van der Waals surface area (Å²) in [4.78, 5) is 17.3. The van der Waals surface area contributed by atoms with Crippen molar-refractivity contribution in [2.24, 2.45) is 5.92 Å². The molecule has 4 heteroatoms. The number of hydrogen-bond acceptors (Lipinski definition) is 3. The molecule has 4 nitrogen and oxygen atoms in total. The van der Waals surface area contributed by atoms with Crippen LogP contribution in [0.5, 0.6) is 0 Å². The number of carbonyl (C=O) groups excluding carboxylic acids is 1. The third-order valence-corrected chi connectivity index (χ3v) is 5.01. The zero-order valence-corrected chi connectivity index (χ0v) is 14.7. The summed E-state index contributed by atoms with van der Waals surface area (Å²) in [7, 11) is 0. The van der Waals surface area contributed by atoms with Gasteiger partial charge in [-0.25, -0.2) is 0 Å². The maximum Gasteiger partial charge on any atom is 0.228 e. The number of benzene rings is 1. The molecule has 0 radical (unpaired) electrons. The van der Waals surface area contributed by atoms with Crippen LogP contribution in [0.3, 0.4) is 0 Å². The lowest BCUT2D eigenvalue weighted by molar-refractivity contribution is -0.124. The molecule has 3 rings (SSSR count). The molecule has 0 saturated carbocycles. The Morgan fingerprint density at radius 1 is 1.16 bits per heavy atom. The van der Waals surface area contributed by atoms with Gasteiger partial charge in [0.05, 0.1) is 12.0 Å². The minimum atomic E-state index is -0.125. The van der Waals surface area contributed by atoms with E-state index in [-0.39, 0.29) is 17.9 Å². The van der Waals surface area contributed by atoms with Crippen LogP contribution >= 0.6 is 0 Å². The molecule has 0 bridgehead atoms. The Bertz CT molecular complexity index is 654. The quantitative estimate of drug-likeness (QED) is 0.870. The summed E-state index contributed by atoms with van der Waals surface area (Å²) in [6, 6.07) is 14.0. The molecule has 1 aromatic heterocycles. The van der Waals surface area contributed by atoms with E-state index in [1.165, 1.54) is 0 Å². The minimum absolute atomic E-state index is 0.0112. The Balaban J connectivity index is 1.80. The molecule has 1 fully saturated rings. The van der Waals surface area contributed by atoms with Crippen molar-refractivity contribution in [3.63, 3.8) is 0 Å². The molecule has 1 aromatic carbocycles. The maximum absolute atomic E-state index is 13.0. The SMILES string of the molecule is CCC(C(=O)NC(c1cccnc1)C1CCOCC1)c1ccccc1. The molecular weight excluding hydrogens is 312 g/mol. The van der Waals surface area contributed by atoms with Gasteiger partial charge in [-0.15, -0.1) is 0 Å². The van der Waals surface area contributed by atoms with E-state index >= 15 is 0 Å². The van der Waals surface area contributed by atoms with Gasteiger partial charge in [0.15, 0.2) is 0 Å². The first-order chi connectivity index (χ1) is 12.3. The van der Waals surface area contributed by atoms with E-state index in [9.17, 15) is 4.79 Å². The van der Waals surface area contributed by atoms with Gasteiger partial charge in [-0.2, -0.15) is 0 Å². The Hall–Kier alpha value is -2.20. The van der Waals surface area contributed by atoms with Crippen LogP contribution in [0, 0.1) is 5.92 Å². The Morgan fingerprint density at radius 3 is 2.52 bits per heavy atom. The number of aromatic nitrogens is 1. The molecule has 2 atom stereocenters. The highest BCUT2D eigenvalue weighted by Gasteiger charge is 2.29. The van der Waals surface area contributed by atoms with Gasteiger partial charge >= 0.3 is 0 Å². The fourth-order valence-electron chi connectivity index (χ4n) is 3.59. The van der Waals surface area contributed by atoms with Crippen LogP contribution in [0.2, 0.25) is 0 Å². The van der Waals surface area contributed by atoms with Crippen molar-refractivity contribution in [2.75, 3.05) is 13.2 Å². The van der Waals surface area contributed by atoms with Gasteiger partial charge in [-0.05, 0) is 42.4 Å². The fourth-order valence-corrected chi connectivity index (χ4v) is 3.59. The summed E-state index contributed by atoms with van der Waals surface area (Å²) >= 11 is 0. The number of amides is 1. The largest absolute Gasteiger partial charge is 0.381 e. The number of hydrogen-bond donors (Lipinski definition) is 1. The zero-order valence-electron chi connectivity index (χ0n) is 14.7. The van der Waals surface area contributed by atoms with Crippen LogP contribution in [0.15, 0.2) is 54.9 Å². The Labute approximate surface area is 149 Å².